The number of hydrogen-bond donors (Lipinski definition) is 1. The summed E-state index contributed by atoms with van der Waals surface area (Å²) < 4.78 is 5.19. The van der Waals surface area contributed by atoms with Gasteiger partial charge in [0.05, 0.1) is 6.54 Å². The molecule has 0 saturated carbocycles. The maximum Gasteiger partial charge on any atom is 0.228 e. The van der Waals surface area contributed by atoms with Crippen LogP contribution in [-0.2, 0) is 13.0 Å². The van der Waals surface area contributed by atoms with E-state index in [0.717, 1.165) is 31.8 Å². The highest BCUT2D eigenvalue weighted by atomic mass is 16.5. The van der Waals surface area contributed by atoms with Crippen molar-refractivity contribution in [1.82, 2.24) is 20.4 Å². The smallest absolute Gasteiger partial charge is 0.228 e. The van der Waals surface area contributed by atoms with Gasteiger partial charge < -0.3 is 14.7 Å². The summed E-state index contributed by atoms with van der Waals surface area (Å²) in [4.78, 5) is 6.36. The highest BCUT2D eigenvalue weighted by molar-refractivity contribution is 4.88. The van der Waals surface area contributed by atoms with E-state index >= 15 is 0 Å². The second-order valence-electron chi connectivity index (χ2n) is 4.40. The van der Waals surface area contributed by atoms with Crippen molar-refractivity contribution in [1.29, 1.82) is 0 Å². The van der Waals surface area contributed by atoms with E-state index in [1.807, 2.05) is 19.0 Å². The van der Waals surface area contributed by atoms with Crippen LogP contribution in [0.15, 0.2) is 4.52 Å². The Labute approximate surface area is 97.2 Å². The number of aromatic nitrogens is 2. The fourth-order valence-corrected chi connectivity index (χ4v) is 1.44. The van der Waals surface area contributed by atoms with Gasteiger partial charge in [-0.15, -0.1) is 0 Å². The fraction of sp³-hybridized carbons (Fsp3) is 0.818. The lowest BCUT2D eigenvalue weighted by atomic mass is 10.2. The van der Waals surface area contributed by atoms with E-state index in [1.165, 1.54) is 0 Å². The third-order valence-corrected chi connectivity index (χ3v) is 2.19. The molecule has 0 aromatic carbocycles. The van der Waals surface area contributed by atoms with Crippen LogP contribution in [-0.4, -0.2) is 41.7 Å². The minimum Gasteiger partial charge on any atom is -0.339 e. The monoisotopic (exact) mass is 226 g/mol. The van der Waals surface area contributed by atoms with Crippen molar-refractivity contribution in [3.05, 3.63) is 11.7 Å². The van der Waals surface area contributed by atoms with Crippen LogP contribution in [0.2, 0.25) is 0 Å². The summed E-state index contributed by atoms with van der Waals surface area (Å²) in [7, 11) is 3.98. The van der Waals surface area contributed by atoms with Crippen molar-refractivity contribution in [3.63, 3.8) is 0 Å². The second-order valence-corrected chi connectivity index (χ2v) is 4.40. The first-order valence-corrected chi connectivity index (χ1v) is 5.81. The summed E-state index contributed by atoms with van der Waals surface area (Å²) in [5.74, 6) is 1.47. The van der Waals surface area contributed by atoms with Gasteiger partial charge in [0.25, 0.3) is 0 Å². The molecule has 0 radical (unpaired) electrons. The van der Waals surface area contributed by atoms with Gasteiger partial charge in [-0.2, -0.15) is 4.98 Å². The third kappa shape index (κ3) is 4.72. The molecule has 0 aliphatic carbocycles. The average Bonchev–Trinajstić information content (AvgIpc) is 2.61. The van der Waals surface area contributed by atoms with Crippen LogP contribution < -0.4 is 5.32 Å². The molecule has 0 amide bonds. The molecular weight excluding hydrogens is 204 g/mol. The molecule has 1 atom stereocenters. The lowest BCUT2D eigenvalue weighted by Crippen LogP contribution is -2.28. The van der Waals surface area contributed by atoms with Crippen LogP contribution in [0.1, 0.15) is 32.0 Å². The topological polar surface area (TPSA) is 54.2 Å². The molecule has 0 saturated heterocycles. The standard InChI is InChI=1S/C11H22N4O/c1-5-6-12-9(2)7-11-13-10(14-16-11)8-15(3)4/h9,12H,5-8H2,1-4H3. The maximum atomic E-state index is 5.19. The van der Waals surface area contributed by atoms with Crippen molar-refractivity contribution in [3.8, 4) is 0 Å². The Balaban J connectivity index is 2.39. The number of hydrogen-bond acceptors (Lipinski definition) is 5. The molecule has 0 aliphatic heterocycles. The van der Waals surface area contributed by atoms with E-state index < -0.39 is 0 Å². The largest absolute Gasteiger partial charge is 0.339 e. The Morgan fingerprint density at radius 2 is 2.19 bits per heavy atom. The third-order valence-electron chi connectivity index (χ3n) is 2.19. The lowest BCUT2D eigenvalue weighted by Gasteiger charge is -2.09. The Morgan fingerprint density at radius 3 is 2.81 bits per heavy atom. The van der Waals surface area contributed by atoms with Gasteiger partial charge in [0.1, 0.15) is 0 Å². The van der Waals surface area contributed by atoms with Crippen molar-refractivity contribution >= 4 is 0 Å². The van der Waals surface area contributed by atoms with Gasteiger partial charge in [0.2, 0.25) is 5.89 Å². The van der Waals surface area contributed by atoms with Gasteiger partial charge in [-0.1, -0.05) is 12.1 Å². The van der Waals surface area contributed by atoms with E-state index in [1.54, 1.807) is 0 Å². The van der Waals surface area contributed by atoms with Crippen LogP contribution in [0.3, 0.4) is 0 Å². The first-order chi connectivity index (χ1) is 7.61. The van der Waals surface area contributed by atoms with Gasteiger partial charge in [-0.25, -0.2) is 0 Å². The molecule has 0 bridgehead atoms. The summed E-state index contributed by atoms with van der Waals surface area (Å²) in [6.07, 6.45) is 1.93. The zero-order chi connectivity index (χ0) is 12.0. The summed E-state index contributed by atoms with van der Waals surface area (Å²) in [5.41, 5.74) is 0. The van der Waals surface area contributed by atoms with Crippen molar-refractivity contribution in [2.45, 2.75) is 39.3 Å². The molecule has 5 nitrogen and oxygen atoms in total. The number of rotatable bonds is 7. The molecule has 0 aliphatic rings. The summed E-state index contributed by atoms with van der Waals surface area (Å²) in [6.45, 7) is 6.03. The summed E-state index contributed by atoms with van der Waals surface area (Å²) in [6, 6.07) is 0.382. The van der Waals surface area contributed by atoms with Crippen LogP contribution >= 0.6 is 0 Å². The zero-order valence-corrected chi connectivity index (χ0v) is 10.7. The predicted octanol–water partition coefficient (Wildman–Crippen LogP) is 1.06. The molecule has 92 valence electrons. The van der Waals surface area contributed by atoms with E-state index in [2.05, 4.69) is 29.3 Å². The Kier molecular flexibility index (Phi) is 5.42. The second kappa shape index (κ2) is 6.60. The number of nitrogens with zero attached hydrogens (tertiary/aromatic N) is 3. The van der Waals surface area contributed by atoms with E-state index in [-0.39, 0.29) is 0 Å². The molecule has 1 unspecified atom stereocenters. The van der Waals surface area contributed by atoms with Gasteiger partial charge in [-0.05, 0) is 34.0 Å². The van der Waals surface area contributed by atoms with Gasteiger partial charge in [0, 0.05) is 12.5 Å². The van der Waals surface area contributed by atoms with Crippen LogP contribution in [0.5, 0.6) is 0 Å². The molecular formula is C11H22N4O. The lowest BCUT2D eigenvalue weighted by molar-refractivity contribution is 0.341. The quantitative estimate of drug-likeness (QED) is 0.753. The first kappa shape index (κ1) is 13.1. The normalized spacial score (nSPS) is 13.3. The van der Waals surface area contributed by atoms with Gasteiger partial charge in [0.15, 0.2) is 5.82 Å². The molecule has 0 spiro atoms. The molecule has 0 fully saturated rings. The molecule has 1 N–H and O–H groups in total. The van der Waals surface area contributed by atoms with E-state index in [9.17, 15) is 0 Å². The predicted molar refractivity (Wildman–Crippen MR) is 63.1 cm³/mol. The molecule has 1 aromatic rings. The van der Waals surface area contributed by atoms with Crippen molar-refractivity contribution in [2.24, 2.45) is 0 Å². The summed E-state index contributed by atoms with van der Waals surface area (Å²) in [5, 5.41) is 7.33. The maximum absolute atomic E-state index is 5.19. The first-order valence-electron chi connectivity index (χ1n) is 5.81. The van der Waals surface area contributed by atoms with Gasteiger partial charge in [-0.3, -0.25) is 0 Å². The average molecular weight is 226 g/mol. The van der Waals surface area contributed by atoms with Gasteiger partial charge >= 0.3 is 0 Å². The Morgan fingerprint density at radius 1 is 1.44 bits per heavy atom. The van der Waals surface area contributed by atoms with Crippen LogP contribution in [0.4, 0.5) is 0 Å². The molecule has 1 aromatic heterocycles. The summed E-state index contributed by atoms with van der Waals surface area (Å²) >= 11 is 0. The van der Waals surface area contributed by atoms with Crippen molar-refractivity contribution in [2.75, 3.05) is 20.6 Å². The van der Waals surface area contributed by atoms with E-state index in [4.69, 9.17) is 4.52 Å². The highest BCUT2D eigenvalue weighted by Crippen LogP contribution is 2.02. The fourth-order valence-electron chi connectivity index (χ4n) is 1.44. The van der Waals surface area contributed by atoms with E-state index in [0.29, 0.717) is 11.9 Å². The zero-order valence-electron chi connectivity index (χ0n) is 10.7. The van der Waals surface area contributed by atoms with Crippen molar-refractivity contribution < 1.29 is 4.52 Å². The van der Waals surface area contributed by atoms with Crippen LogP contribution in [0, 0.1) is 0 Å². The molecule has 1 rings (SSSR count). The highest BCUT2D eigenvalue weighted by Gasteiger charge is 2.10. The SMILES string of the molecule is CCCNC(C)Cc1nc(CN(C)C)no1. The minimum atomic E-state index is 0.382. The number of nitrogens with one attached hydrogen (secondary N) is 1. The minimum absolute atomic E-state index is 0.382. The van der Waals surface area contributed by atoms with Crippen LogP contribution in [0.25, 0.3) is 0 Å². The molecule has 1 heterocycles. The molecule has 16 heavy (non-hydrogen) atoms. The molecule has 5 heteroatoms. The Hall–Kier alpha value is -0.940. The Bertz CT molecular complexity index is 298.